The van der Waals surface area contributed by atoms with Crippen LogP contribution in [-0.4, -0.2) is 42.9 Å². The van der Waals surface area contributed by atoms with Crippen LogP contribution in [-0.2, 0) is 21.1 Å². The summed E-state index contributed by atoms with van der Waals surface area (Å²) in [4.78, 5) is 12.4. The molecule has 0 saturated heterocycles. The molecule has 4 N–H and O–H groups in total. The Morgan fingerprint density at radius 2 is 1.59 bits per heavy atom. The molecule has 0 fully saturated rings. The van der Waals surface area contributed by atoms with Gasteiger partial charge in [0.05, 0.1) is 24.0 Å². The first-order valence-corrected chi connectivity index (χ1v) is 13.5. The summed E-state index contributed by atoms with van der Waals surface area (Å²) in [7, 11) is -4.99. The van der Waals surface area contributed by atoms with Gasteiger partial charge in [-0.25, -0.2) is 8.42 Å². The molecule has 0 aromatic heterocycles. The monoisotopic (exact) mass is 503 g/mol. The molecule has 180 valence electrons. The topological polar surface area (TPSA) is 136 Å². The van der Waals surface area contributed by atoms with Gasteiger partial charge in [-0.2, -0.15) is 10.6 Å². The first-order valence-electron chi connectivity index (χ1n) is 10.3. The van der Waals surface area contributed by atoms with Gasteiger partial charge in [0.15, 0.2) is 15.1 Å². The van der Waals surface area contributed by atoms with E-state index in [2.05, 4.69) is 0 Å². The lowest BCUT2D eigenvalue weighted by atomic mass is 9.96. The Hall–Kier alpha value is -3.05. The lowest BCUT2D eigenvalue weighted by Crippen LogP contribution is -2.37. The van der Waals surface area contributed by atoms with Crippen molar-refractivity contribution in [2.45, 2.75) is 26.7 Å². The molecule has 1 heterocycles. The third-order valence-corrected chi connectivity index (χ3v) is 10.4. The number of amides is 1. The highest BCUT2D eigenvalue weighted by Gasteiger charge is 2.55. The average molecular weight is 504 g/mol. The largest absolute Gasteiger partial charge is 0.497 e. The van der Waals surface area contributed by atoms with E-state index in [-0.39, 0.29) is 21.8 Å². The standard InChI is InChI=1S/C24H25NO7S2/c1-31-17-12-15(13-18(14-17)32-2)11-16-7-6-10-20-21(16)22(23(24(25)26)34(20,29)30)33(27,28)19-8-4-3-5-9-19/h3-10,12-14,22-23,29-30H,11H2,1-2H3,(H2,25,26). The summed E-state index contributed by atoms with van der Waals surface area (Å²) in [5.41, 5.74) is 7.03. The highest BCUT2D eigenvalue weighted by Crippen LogP contribution is 2.67. The molecule has 4 rings (SSSR count). The molecule has 0 aliphatic carbocycles. The molecule has 1 amide bonds. The van der Waals surface area contributed by atoms with E-state index in [0.29, 0.717) is 17.1 Å². The lowest BCUT2D eigenvalue weighted by Gasteiger charge is -2.34. The van der Waals surface area contributed by atoms with Crippen LogP contribution in [0, 0.1) is 0 Å². The Bertz CT molecular complexity index is 1320. The predicted octanol–water partition coefficient (Wildman–Crippen LogP) is 3.79. The lowest BCUT2D eigenvalue weighted by molar-refractivity contribution is -0.117. The van der Waals surface area contributed by atoms with Gasteiger partial charge in [0.25, 0.3) is 0 Å². The number of benzene rings is 3. The molecule has 2 unspecified atom stereocenters. The Kier molecular flexibility index (Phi) is 6.34. The maximum atomic E-state index is 13.7. The molecule has 3 aromatic carbocycles. The summed E-state index contributed by atoms with van der Waals surface area (Å²) in [5.74, 6) is 0.0130. The van der Waals surface area contributed by atoms with Crippen molar-refractivity contribution in [2.75, 3.05) is 14.2 Å². The van der Waals surface area contributed by atoms with Gasteiger partial charge in [0.2, 0.25) is 5.91 Å². The second-order valence-electron chi connectivity index (χ2n) is 7.92. The van der Waals surface area contributed by atoms with E-state index in [1.165, 1.54) is 32.4 Å². The highest BCUT2D eigenvalue weighted by molar-refractivity contribution is 8.26. The number of fused-ring (bicyclic) bond motifs is 1. The predicted molar refractivity (Wildman–Crippen MR) is 129 cm³/mol. The van der Waals surface area contributed by atoms with Crippen LogP contribution >= 0.6 is 10.6 Å². The van der Waals surface area contributed by atoms with Gasteiger partial charge in [0, 0.05) is 6.07 Å². The number of carbonyl (C=O) groups excluding carboxylic acids is 1. The first kappa shape index (κ1) is 24.1. The zero-order chi connectivity index (χ0) is 24.7. The van der Waals surface area contributed by atoms with Crippen molar-refractivity contribution in [3.05, 3.63) is 83.4 Å². The fourth-order valence-electron chi connectivity index (χ4n) is 4.36. The zero-order valence-corrected chi connectivity index (χ0v) is 20.2. The van der Waals surface area contributed by atoms with Crippen LogP contribution in [0.1, 0.15) is 21.9 Å². The summed E-state index contributed by atoms with van der Waals surface area (Å²) in [6.07, 6.45) is 0.235. The van der Waals surface area contributed by atoms with Gasteiger partial charge in [-0.3, -0.25) is 13.9 Å². The van der Waals surface area contributed by atoms with E-state index in [9.17, 15) is 22.3 Å². The van der Waals surface area contributed by atoms with E-state index in [1.54, 1.807) is 48.5 Å². The number of rotatable bonds is 7. The van der Waals surface area contributed by atoms with Gasteiger partial charge in [-0.15, -0.1) is 0 Å². The number of nitrogens with two attached hydrogens (primary N) is 1. The minimum absolute atomic E-state index is 0.0215. The summed E-state index contributed by atoms with van der Waals surface area (Å²) >= 11 is 0. The van der Waals surface area contributed by atoms with Crippen LogP contribution in [0.2, 0.25) is 0 Å². The van der Waals surface area contributed by atoms with Gasteiger partial charge in [-0.1, -0.05) is 30.3 Å². The van der Waals surface area contributed by atoms with E-state index in [1.807, 2.05) is 0 Å². The van der Waals surface area contributed by atoms with Crippen LogP contribution in [0.15, 0.2) is 76.5 Å². The molecule has 8 nitrogen and oxygen atoms in total. The first-order chi connectivity index (χ1) is 16.1. The molecule has 0 bridgehead atoms. The second kappa shape index (κ2) is 8.95. The van der Waals surface area contributed by atoms with Crippen molar-refractivity contribution < 1.29 is 31.8 Å². The molecule has 0 radical (unpaired) electrons. The number of hydrogen-bond acceptors (Lipinski definition) is 7. The number of ether oxygens (including phenoxy) is 2. The minimum atomic E-state index is -4.21. The Balaban J connectivity index is 1.93. The van der Waals surface area contributed by atoms with Gasteiger partial charge >= 0.3 is 0 Å². The van der Waals surface area contributed by atoms with E-state index in [4.69, 9.17) is 15.2 Å². The molecule has 2 atom stereocenters. The Morgan fingerprint density at radius 3 is 2.15 bits per heavy atom. The van der Waals surface area contributed by atoms with Gasteiger partial charge < -0.3 is 15.2 Å². The Morgan fingerprint density at radius 1 is 0.971 bits per heavy atom. The van der Waals surface area contributed by atoms with Crippen molar-refractivity contribution in [3.63, 3.8) is 0 Å². The van der Waals surface area contributed by atoms with Crippen LogP contribution in [0.3, 0.4) is 0 Å². The summed E-state index contributed by atoms with van der Waals surface area (Å²) in [6.45, 7) is 0. The normalized spacial score (nSPS) is 19.8. The van der Waals surface area contributed by atoms with Crippen LogP contribution in [0.4, 0.5) is 0 Å². The van der Waals surface area contributed by atoms with Crippen molar-refractivity contribution >= 4 is 26.3 Å². The molecular weight excluding hydrogens is 478 g/mol. The third-order valence-electron chi connectivity index (χ3n) is 5.89. The van der Waals surface area contributed by atoms with Crippen LogP contribution < -0.4 is 15.2 Å². The van der Waals surface area contributed by atoms with E-state index < -0.39 is 36.8 Å². The minimum Gasteiger partial charge on any atom is -0.497 e. The summed E-state index contributed by atoms with van der Waals surface area (Å²) in [6, 6.07) is 17.6. The zero-order valence-electron chi connectivity index (χ0n) is 18.5. The van der Waals surface area contributed by atoms with Crippen LogP contribution in [0.5, 0.6) is 11.5 Å². The van der Waals surface area contributed by atoms with Crippen molar-refractivity contribution in [1.82, 2.24) is 0 Å². The molecule has 0 spiro atoms. The van der Waals surface area contributed by atoms with Crippen molar-refractivity contribution in [1.29, 1.82) is 0 Å². The molecule has 10 heteroatoms. The number of primary amides is 1. The fourth-order valence-corrected chi connectivity index (χ4v) is 9.16. The molecular formula is C24H25NO7S2. The molecule has 0 saturated carbocycles. The molecule has 1 aliphatic rings. The number of hydrogen-bond donors (Lipinski definition) is 3. The quantitative estimate of drug-likeness (QED) is 0.446. The van der Waals surface area contributed by atoms with E-state index >= 15 is 0 Å². The van der Waals surface area contributed by atoms with Gasteiger partial charge in [-0.05, 0) is 53.4 Å². The number of carbonyl (C=O) groups is 1. The smallest absolute Gasteiger partial charge is 0.241 e. The molecule has 34 heavy (non-hydrogen) atoms. The second-order valence-corrected chi connectivity index (χ2v) is 12.1. The van der Waals surface area contributed by atoms with Gasteiger partial charge in [0.1, 0.15) is 16.7 Å². The number of sulfone groups is 1. The van der Waals surface area contributed by atoms with E-state index in [0.717, 1.165) is 5.56 Å². The highest BCUT2D eigenvalue weighted by atomic mass is 32.3. The summed E-state index contributed by atoms with van der Waals surface area (Å²) in [5, 5.41) is -3.26. The summed E-state index contributed by atoms with van der Waals surface area (Å²) < 4.78 is 60.2. The van der Waals surface area contributed by atoms with Crippen LogP contribution in [0.25, 0.3) is 0 Å². The average Bonchev–Trinajstić information content (AvgIpc) is 3.08. The Labute approximate surface area is 199 Å². The maximum Gasteiger partial charge on any atom is 0.241 e. The molecule has 1 aliphatic heterocycles. The molecule has 3 aromatic rings. The SMILES string of the molecule is COc1cc(Cc2cccc3c2C(S(=O)(=O)c2ccccc2)C(C(N)=O)S3(O)O)cc(OC)c1. The van der Waals surface area contributed by atoms with Crippen molar-refractivity contribution in [2.24, 2.45) is 5.73 Å². The maximum absolute atomic E-state index is 13.7. The van der Waals surface area contributed by atoms with Crippen molar-refractivity contribution in [3.8, 4) is 11.5 Å². The third kappa shape index (κ3) is 4.03. The number of methoxy groups -OCH3 is 2. The fraction of sp³-hybridized carbons (Fsp3) is 0.208.